The van der Waals surface area contributed by atoms with E-state index in [9.17, 15) is 4.79 Å². The van der Waals surface area contributed by atoms with Gasteiger partial charge in [0.25, 0.3) is 0 Å². The maximum atomic E-state index is 9.90. The van der Waals surface area contributed by atoms with E-state index in [1.54, 1.807) is 0 Å². The second-order valence-electron chi connectivity index (χ2n) is 2.49. The van der Waals surface area contributed by atoms with E-state index < -0.39 is 0 Å². The van der Waals surface area contributed by atoms with Gasteiger partial charge in [0.15, 0.2) is 0 Å². The molecule has 0 aliphatic carbocycles. The minimum Gasteiger partial charge on any atom is -0.303 e. The lowest BCUT2D eigenvalue weighted by Crippen LogP contribution is -1.94. The largest absolute Gasteiger partial charge is 0.303 e. The van der Waals surface area contributed by atoms with Gasteiger partial charge in [-0.15, -0.1) is 0 Å². The zero-order valence-corrected chi connectivity index (χ0v) is 6.18. The fourth-order valence-electron chi connectivity index (χ4n) is 0.564. The molecule has 1 nitrogen and oxygen atoms in total. The number of hydrogen-bond acceptors (Lipinski definition) is 1. The number of carbonyl (C=O) groups excluding carboxylic acids is 1. The molecule has 0 saturated heterocycles. The van der Waals surface area contributed by atoms with E-state index in [0.717, 1.165) is 18.3 Å². The number of allylic oxidation sites excluding steroid dienone is 1. The zero-order chi connectivity index (χ0) is 7.28. The summed E-state index contributed by atoms with van der Waals surface area (Å²) in [5.41, 5.74) is 1.16. The molecule has 0 aromatic heterocycles. The average molecular weight is 126 g/mol. The fraction of sp³-hybridized carbons (Fsp3) is 0.625. The fourth-order valence-corrected chi connectivity index (χ4v) is 0.564. The van der Waals surface area contributed by atoms with Crippen molar-refractivity contribution in [2.24, 2.45) is 5.92 Å². The van der Waals surface area contributed by atoms with Gasteiger partial charge in [0, 0.05) is 6.42 Å². The van der Waals surface area contributed by atoms with Crippen LogP contribution in [0.25, 0.3) is 0 Å². The molecule has 0 amide bonds. The Labute approximate surface area is 56.8 Å². The minimum atomic E-state index is 0.496. The van der Waals surface area contributed by atoms with Gasteiger partial charge in [0.1, 0.15) is 6.29 Å². The molecule has 0 fully saturated rings. The van der Waals surface area contributed by atoms with Crippen molar-refractivity contribution in [2.45, 2.75) is 26.7 Å². The third-order valence-corrected chi connectivity index (χ3v) is 1.56. The van der Waals surface area contributed by atoms with Gasteiger partial charge in [-0.25, -0.2) is 0 Å². The van der Waals surface area contributed by atoms with Crippen molar-refractivity contribution in [3.63, 3.8) is 0 Å². The predicted octanol–water partition coefficient (Wildman–Crippen LogP) is 2.18. The molecule has 0 rings (SSSR count). The average Bonchev–Trinajstić information content (AvgIpc) is 1.82. The molecule has 52 valence electrons. The standard InChI is InChI=1S/C8H14O/c1-7(2)8(3)5-4-6-9/h6,8H,1,4-5H2,2-3H3. The van der Waals surface area contributed by atoms with E-state index in [2.05, 4.69) is 13.5 Å². The minimum absolute atomic E-state index is 0.496. The summed E-state index contributed by atoms with van der Waals surface area (Å²) in [6.45, 7) is 7.88. The van der Waals surface area contributed by atoms with Gasteiger partial charge in [0.05, 0.1) is 0 Å². The van der Waals surface area contributed by atoms with E-state index in [1.165, 1.54) is 0 Å². The highest BCUT2D eigenvalue weighted by atomic mass is 16.1. The Balaban J connectivity index is 3.37. The van der Waals surface area contributed by atoms with E-state index in [4.69, 9.17) is 0 Å². The first-order valence-corrected chi connectivity index (χ1v) is 3.27. The third-order valence-electron chi connectivity index (χ3n) is 1.56. The Kier molecular flexibility index (Phi) is 4.02. The summed E-state index contributed by atoms with van der Waals surface area (Å²) in [6.07, 6.45) is 2.56. The number of rotatable bonds is 4. The second kappa shape index (κ2) is 4.30. The number of hydrogen-bond donors (Lipinski definition) is 0. The summed E-state index contributed by atoms with van der Waals surface area (Å²) in [5, 5.41) is 0. The first-order valence-electron chi connectivity index (χ1n) is 3.27. The smallest absolute Gasteiger partial charge is 0.120 e. The van der Waals surface area contributed by atoms with Gasteiger partial charge in [-0.2, -0.15) is 0 Å². The molecule has 0 bridgehead atoms. The van der Waals surface area contributed by atoms with Crippen LogP contribution >= 0.6 is 0 Å². The molecule has 0 aromatic rings. The molecule has 1 heteroatoms. The SMILES string of the molecule is C=C(C)C(C)CCC=O. The van der Waals surface area contributed by atoms with Crippen molar-refractivity contribution < 1.29 is 4.79 Å². The van der Waals surface area contributed by atoms with Gasteiger partial charge in [-0.3, -0.25) is 0 Å². The van der Waals surface area contributed by atoms with Crippen LogP contribution in [0.5, 0.6) is 0 Å². The van der Waals surface area contributed by atoms with Crippen LogP contribution in [0.4, 0.5) is 0 Å². The van der Waals surface area contributed by atoms with E-state index in [1.807, 2.05) is 6.92 Å². The summed E-state index contributed by atoms with van der Waals surface area (Å²) in [6, 6.07) is 0. The summed E-state index contributed by atoms with van der Waals surface area (Å²) in [5.74, 6) is 0.496. The number of aldehydes is 1. The molecular formula is C8H14O. The van der Waals surface area contributed by atoms with E-state index >= 15 is 0 Å². The Morgan fingerprint density at radius 3 is 2.67 bits per heavy atom. The predicted molar refractivity (Wildman–Crippen MR) is 39.3 cm³/mol. The molecular weight excluding hydrogens is 112 g/mol. The van der Waals surface area contributed by atoms with Crippen molar-refractivity contribution in [2.75, 3.05) is 0 Å². The Morgan fingerprint density at radius 1 is 1.78 bits per heavy atom. The maximum absolute atomic E-state index is 9.90. The van der Waals surface area contributed by atoms with Crippen molar-refractivity contribution in [3.8, 4) is 0 Å². The first kappa shape index (κ1) is 8.41. The van der Waals surface area contributed by atoms with Crippen LogP contribution in [0.15, 0.2) is 12.2 Å². The number of carbonyl (C=O) groups is 1. The van der Waals surface area contributed by atoms with Crippen LogP contribution in [0.1, 0.15) is 26.7 Å². The Bertz CT molecular complexity index is 105. The summed E-state index contributed by atoms with van der Waals surface area (Å²) in [4.78, 5) is 9.90. The monoisotopic (exact) mass is 126 g/mol. The summed E-state index contributed by atoms with van der Waals surface area (Å²) in [7, 11) is 0. The quantitative estimate of drug-likeness (QED) is 0.417. The van der Waals surface area contributed by atoms with Crippen LogP contribution in [0.3, 0.4) is 0 Å². The van der Waals surface area contributed by atoms with Crippen LogP contribution in [0.2, 0.25) is 0 Å². The van der Waals surface area contributed by atoms with Crippen LogP contribution in [-0.2, 0) is 4.79 Å². The molecule has 1 unspecified atom stereocenters. The molecule has 0 saturated carbocycles. The third kappa shape index (κ3) is 3.95. The van der Waals surface area contributed by atoms with Gasteiger partial charge in [-0.05, 0) is 19.3 Å². The lowest BCUT2D eigenvalue weighted by molar-refractivity contribution is -0.108. The normalized spacial score (nSPS) is 12.7. The summed E-state index contributed by atoms with van der Waals surface area (Å²) >= 11 is 0. The van der Waals surface area contributed by atoms with E-state index in [-0.39, 0.29) is 0 Å². The molecule has 0 radical (unpaired) electrons. The molecule has 0 N–H and O–H groups in total. The van der Waals surface area contributed by atoms with Crippen LogP contribution < -0.4 is 0 Å². The topological polar surface area (TPSA) is 17.1 Å². The van der Waals surface area contributed by atoms with Crippen LogP contribution in [0, 0.1) is 5.92 Å². The lowest BCUT2D eigenvalue weighted by atomic mass is 9.99. The molecule has 0 spiro atoms. The lowest BCUT2D eigenvalue weighted by Gasteiger charge is -2.06. The first-order chi connectivity index (χ1) is 4.18. The molecule has 0 aromatic carbocycles. The van der Waals surface area contributed by atoms with Gasteiger partial charge in [-0.1, -0.05) is 19.1 Å². The Morgan fingerprint density at radius 2 is 2.33 bits per heavy atom. The van der Waals surface area contributed by atoms with Crippen molar-refractivity contribution >= 4 is 6.29 Å². The highest BCUT2D eigenvalue weighted by Crippen LogP contribution is 2.12. The van der Waals surface area contributed by atoms with Crippen molar-refractivity contribution in [3.05, 3.63) is 12.2 Å². The van der Waals surface area contributed by atoms with E-state index in [0.29, 0.717) is 12.3 Å². The summed E-state index contributed by atoms with van der Waals surface area (Å²) < 4.78 is 0. The molecule has 0 heterocycles. The highest BCUT2D eigenvalue weighted by Gasteiger charge is 1.99. The maximum Gasteiger partial charge on any atom is 0.120 e. The zero-order valence-electron chi connectivity index (χ0n) is 6.18. The molecule has 9 heavy (non-hydrogen) atoms. The van der Waals surface area contributed by atoms with Crippen molar-refractivity contribution in [1.29, 1.82) is 0 Å². The Hall–Kier alpha value is -0.590. The molecule has 0 aliphatic rings. The molecule has 0 aliphatic heterocycles. The van der Waals surface area contributed by atoms with Gasteiger partial charge in [0.2, 0.25) is 0 Å². The van der Waals surface area contributed by atoms with Crippen molar-refractivity contribution in [1.82, 2.24) is 0 Å². The van der Waals surface area contributed by atoms with Gasteiger partial charge >= 0.3 is 0 Å². The highest BCUT2D eigenvalue weighted by molar-refractivity contribution is 5.49. The van der Waals surface area contributed by atoms with Gasteiger partial charge < -0.3 is 4.79 Å². The second-order valence-corrected chi connectivity index (χ2v) is 2.49. The van der Waals surface area contributed by atoms with Crippen LogP contribution in [-0.4, -0.2) is 6.29 Å². The molecule has 1 atom stereocenters.